The lowest BCUT2D eigenvalue weighted by molar-refractivity contribution is 0.181. The maximum absolute atomic E-state index is 9.14. The Bertz CT molecular complexity index is 292. The highest BCUT2D eigenvalue weighted by molar-refractivity contribution is 4.99. The van der Waals surface area contributed by atoms with E-state index in [-0.39, 0.29) is 0 Å². The Kier molecular flexibility index (Phi) is 2.79. The summed E-state index contributed by atoms with van der Waals surface area (Å²) in [5.74, 6) is 1.68. The summed E-state index contributed by atoms with van der Waals surface area (Å²) in [6, 6.07) is 0. The minimum absolute atomic E-state index is 0.376. The SMILES string of the molecule is CC(O)Cc1nc(C2CCNC2)no1. The molecule has 5 heteroatoms. The third-order valence-corrected chi connectivity index (χ3v) is 2.38. The van der Waals surface area contributed by atoms with Gasteiger partial charge in [-0.1, -0.05) is 5.16 Å². The Morgan fingerprint density at radius 1 is 1.71 bits per heavy atom. The van der Waals surface area contributed by atoms with Crippen molar-refractivity contribution in [2.75, 3.05) is 13.1 Å². The minimum atomic E-state index is -0.426. The van der Waals surface area contributed by atoms with Crippen LogP contribution in [0.1, 0.15) is 31.0 Å². The molecule has 1 aliphatic rings. The van der Waals surface area contributed by atoms with Gasteiger partial charge in [0, 0.05) is 12.5 Å². The maximum atomic E-state index is 9.14. The van der Waals surface area contributed by atoms with Crippen LogP contribution in [0.4, 0.5) is 0 Å². The molecule has 0 saturated carbocycles. The van der Waals surface area contributed by atoms with Crippen molar-refractivity contribution in [3.05, 3.63) is 11.7 Å². The molecule has 78 valence electrons. The average molecular weight is 197 g/mol. The molecule has 5 nitrogen and oxygen atoms in total. The maximum Gasteiger partial charge on any atom is 0.229 e. The number of aliphatic hydroxyl groups excluding tert-OH is 1. The van der Waals surface area contributed by atoms with Crippen LogP contribution in [0.25, 0.3) is 0 Å². The van der Waals surface area contributed by atoms with E-state index in [1.165, 1.54) is 0 Å². The predicted octanol–water partition coefficient (Wildman–Crippen LogP) is 0.0698. The molecule has 0 radical (unpaired) electrons. The van der Waals surface area contributed by atoms with Crippen LogP contribution >= 0.6 is 0 Å². The van der Waals surface area contributed by atoms with E-state index in [0.717, 1.165) is 25.3 Å². The molecular weight excluding hydrogens is 182 g/mol. The molecule has 0 aliphatic carbocycles. The van der Waals surface area contributed by atoms with Gasteiger partial charge in [0.15, 0.2) is 5.82 Å². The lowest BCUT2D eigenvalue weighted by Gasteiger charge is -1.99. The van der Waals surface area contributed by atoms with Gasteiger partial charge >= 0.3 is 0 Å². The Morgan fingerprint density at radius 2 is 2.57 bits per heavy atom. The van der Waals surface area contributed by atoms with E-state index in [1.807, 2.05) is 0 Å². The third-order valence-electron chi connectivity index (χ3n) is 2.38. The van der Waals surface area contributed by atoms with E-state index in [9.17, 15) is 0 Å². The van der Waals surface area contributed by atoms with Gasteiger partial charge in [0.05, 0.1) is 12.5 Å². The molecule has 1 saturated heterocycles. The quantitative estimate of drug-likeness (QED) is 0.717. The third kappa shape index (κ3) is 2.10. The van der Waals surface area contributed by atoms with Crippen LogP contribution in [0.2, 0.25) is 0 Å². The summed E-state index contributed by atoms with van der Waals surface area (Å²) in [5.41, 5.74) is 0. The van der Waals surface area contributed by atoms with Crippen LogP contribution in [0.5, 0.6) is 0 Å². The van der Waals surface area contributed by atoms with E-state index in [2.05, 4.69) is 15.5 Å². The molecule has 2 rings (SSSR count). The summed E-state index contributed by atoms with van der Waals surface area (Å²) in [5, 5.41) is 16.3. The molecule has 1 fully saturated rings. The van der Waals surface area contributed by atoms with Crippen LogP contribution in [-0.4, -0.2) is 34.4 Å². The summed E-state index contributed by atoms with van der Waals surface area (Å²) in [6.07, 6.45) is 1.07. The first-order valence-electron chi connectivity index (χ1n) is 4.97. The van der Waals surface area contributed by atoms with E-state index in [1.54, 1.807) is 6.92 Å². The lowest BCUT2D eigenvalue weighted by atomic mass is 10.1. The van der Waals surface area contributed by atoms with Crippen molar-refractivity contribution in [3.63, 3.8) is 0 Å². The largest absolute Gasteiger partial charge is 0.393 e. The minimum Gasteiger partial charge on any atom is -0.393 e. The molecule has 1 aromatic heterocycles. The summed E-state index contributed by atoms with van der Waals surface area (Å²) in [7, 11) is 0. The highest BCUT2D eigenvalue weighted by atomic mass is 16.5. The Balaban J connectivity index is 2.01. The monoisotopic (exact) mass is 197 g/mol. The number of hydrogen-bond donors (Lipinski definition) is 2. The van der Waals surface area contributed by atoms with E-state index >= 15 is 0 Å². The molecule has 14 heavy (non-hydrogen) atoms. The predicted molar refractivity (Wildman–Crippen MR) is 49.9 cm³/mol. The second kappa shape index (κ2) is 4.06. The van der Waals surface area contributed by atoms with Crippen molar-refractivity contribution in [2.24, 2.45) is 0 Å². The van der Waals surface area contributed by atoms with Gasteiger partial charge in [-0.25, -0.2) is 0 Å². The number of nitrogens with zero attached hydrogens (tertiary/aromatic N) is 2. The standard InChI is InChI=1S/C9H15N3O2/c1-6(13)4-8-11-9(12-14-8)7-2-3-10-5-7/h6-7,10,13H,2-5H2,1H3. The van der Waals surface area contributed by atoms with E-state index < -0.39 is 6.10 Å². The number of rotatable bonds is 3. The molecule has 2 heterocycles. The topological polar surface area (TPSA) is 71.2 Å². The van der Waals surface area contributed by atoms with Crippen molar-refractivity contribution in [1.82, 2.24) is 15.5 Å². The van der Waals surface area contributed by atoms with Crippen molar-refractivity contribution < 1.29 is 9.63 Å². The highest BCUT2D eigenvalue weighted by Crippen LogP contribution is 2.19. The normalized spacial score (nSPS) is 24.0. The Morgan fingerprint density at radius 3 is 3.21 bits per heavy atom. The van der Waals surface area contributed by atoms with Crippen molar-refractivity contribution >= 4 is 0 Å². The highest BCUT2D eigenvalue weighted by Gasteiger charge is 2.22. The second-order valence-electron chi connectivity index (χ2n) is 3.79. The van der Waals surface area contributed by atoms with Gasteiger partial charge in [-0.3, -0.25) is 0 Å². The fourth-order valence-corrected chi connectivity index (χ4v) is 1.64. The molecule has 2 unspecified atom stereocenters. The fraction of sp³-hybridized carbons (Fsp3) is 0.778. The number of aromatic nitrogens is 2. The van der Waals surface area contributed by atoms with Crippen LogP contribution in [0.15, 0.2) is 4.52 Å². The van der Waals surface area contributed by atoms with Gasteiger partial charge < -0.3 is 14.9 Å². The fourth-order valence-electron chi connectivity index (χ4n) is 1.64. The molecule has 2 atom stereocenters. The summed E-state index contributed by atoms with van der Waals surface area (Å²) >= 11 is 0. The van der Waals surface area contributed by atoms with Crippen LogP contribution in [-0.2, 0) is 6.42 Å². The van der Waals surface area contributed by atoms with Crippen molar-refractivity contribution in [3.8, 4) is 0 Å². The molecule has 0 bridgehead atoms. The zero-order valence-corrected chi connectivity index (χ0v) is 8.23. The number of nitrogens with one attached hydrogen (secondary N) is 1. The van der Waals surface area contributed by atoms with Crippen molar-refractivity contribution in [2.45, 2.75) is 31.8 Å². The van der Waals surface area contributed by atoms with E-state index in [0.29, 0.717) is 18.2 Å². The van der Waals surface area contributed by atoms with E-state index in [4.69, 9.17) is 9.63 Å². The number of hydrogen-bond acceptors (Lipinski definition) is 5. The summed E-state index contributed by atoms with van der Waals surface area (Å²) in [6.45, 7) is 3.65. The van der Waals surface area contributed by atoms with Crippen LogP contribution in [0.3, 0.4) is 0 Å². The van der Waals surface area contributed by atoms with Crippen LogP contribution < -0.4 is 5.32 Å². The first kappa shape index (κ1) is 9.61. The molecular formula is C9H15N3O2. The summed E-state index contributed by atoms with van der Waals surface area (Å²) in [4.78, 5) is 4.25. The van der Waals surface area contributed by atoms with Gasteiger partial charge in [0.2, 0.25) is 5.89 Å². The molecule has 2 N–H and O–H groups in total. The molecule has 0 aromatic carbocycles. The zero-order valence-electron chi connectivity index (χ0n) is 8.23. The van der Waals surface area contributed by atoms with Gasteiger partial charge in [0.25, 0.3) is 0 Å². The summed E-state index contributed by atoms with van der Waals surface area (Å²) < 4.78 is 5.04. The smallest absolute Gasteiger partial charge is 0.229 e. The van der Waals surface area contributed by atoms with Gasteiger partial charge in [-0.05, 0) is 19.9 Å². The Hall–Kier alpha value is -0.940. The second-order valence-corrected chi connectivity index (χ2v) is 3.79. The van der Waals surface area contributed by atoms with Crippen LogP contribution in [0, 0.1) is 0 Å². The van der Waals surface area contributed by atoms with Gasteiger partial charge in [-0.2, -0.15) is 4.98 Å². The van der Waals surface area contributed by atoms with Crippen molar-refractivity contribution in [1.29, 1.82) is 0 Å². The van der Waals surface area contributed by atoms with Gasteiger partial charge in [0.1, 0.15) is 0 Å². The lowest BCUT2D eigenvalue weighted by Crippen LogP contribution is -2.09. The Labute approximate surface area is 82.5 Å². The van der Waals surface area contributed by atoms with Gasteiger partial charge in [-0.15, -0.1) is 0 Å². The first-order valence-corrected chi connectivity index (χ1v) is 4.97. The first-order chi connectivity index (χ1) is 6.75. The molecule has 0 spiro atoms. The zero-order chi connectivity index (χ0) is 9.97. The average Bonchev–Trinajstić information content (AvgIpc) is 2.69. The molecule has 1 aromatic rings. The molecule has 0 amide bonds. The number of aliphatic hydroxyl groups is 1. The molecule has 1 aliphatic heterocycles.